The van der Waals surface area contributed by atoms with Crippen molar-refractivity contribution >= 4 is 53.5 Å². The second kappa shape index (κ2) is 18.5. The number of hydrogen-bond donors (Lipinski definition) is 10. The molecule has 0 saturated heterocycles. The zero-order valence-electron chi connectivity index (χ0n) is 21.7. The van der Waals surface area contributed by atoms with Gasteiger partial charge in [0.25, 0.3) is 0 Å². The van der Waals surface area contributed by atoms with Gasteiger partial charge in [0.15, 0.2) is 0 Å². The van der Waals surface area contributed by atoms with E-state index in [0.717, 1.165) is 0 Å². The Kier molecular flexibility index (Phi) is 16.3. The second-order valence-corrected chi connectivity index (χ2v) is 8.63. The minimum Gasteiger partial charge on any atom is -0.481 e. The molecular weight excluding hydrogens is 558 g/mol. The molecule has 19 heteroatoms. The molecule has 11 N–H and O–H groups in total. The highest BCUT2D eigenvalue weighted by molar-refractivity contribution is 5.94. The monoisotopic (exact) mass is 591 g/mol. The number of rotatable bonds is 21. The summed E-state index contributed by atoms with van der Waals surface area (Å²) in [7, 11) is 0. The predicted octanol–water partition coefficient (Wildman–Crippen LogP) is -3.57. The third kappa shape index (κ3) is 16.7. The first-order valence-corrected chi connectivity index (χ1v) is 12.1. The predicted molar refractivity (Wildman–Crippen MR) is 132 cm³/mol. The number of nitrogens with two attached hydrogens (primary N) is 1. The topological polar surface area (TPSA) is 329 Å². The highest BCUT2D eigenvalue weighted by atomic mass is 16.4. The van der Waals surface area contributed by atoms with Crippen LogP contribution in [0, 0.1) is 0 Å². The van der Waals surface area contributed by atoms with Gasteiger partial charge in [0.05, 0.1) is 12.6 Å². The quantitative estimate of drug-likeness (QED) is 0.0617. The molecule has 0 aromatic heterocycles. The van der Waals surface area contributed by atoms with Crippen LogP contribution in [0.2, 0.25) is 0 Å². The normalized spacial score (nSPS) is 13.4. The van der Waals surface area contributed by atoms with Crippen molar-refractivity contribution in [1.29, 1.82) is 0 Å². The summed E-state index contributed by atoms with van der Waals surface area (Å²) in [6.45, 7) is -0.846. The molecule has 0 saturated carbocycles. The lowest BCUT2D eigenvalue weighted by Gasteiger charge is -2.22. The van der Waals surface area contributed by atoms with Crippen molar-refractivity contribution in [3.8, 4) is 0 Å². The molecular formula is C22H33N5O14. The first kappa shape index (κ1) is 36.2. The molecule has 0 aliphatic heterocycles. The molecule has 0 unspecified atom stereocenters. The van der Waals surface area contributed by atoms with Gasteiger partial charge in [-0.1, -0.05) is 0 Å². The van der Waals surface area contributed by atoms with E-state index in [-0.39, 0.29) is 6.42 Å². The lowest BCUT2D eigenvalue weighted by atomic mass is 10.1. The summed E-state index contributed by atoms with van der Waals surface area (Å²) in [5.74, 6) is -11.0. The van der Waals surface area contributed by atoms with Crippen LogP contribution in [0.5, 0.6) is 0 Å². The molecule has 0 rings (SSSR count). The zero-order valence-corrected chi connectivity index (χ0v) is 21.7. The molecule has 0 bridgehead atoms. The molecule has 0 radical (unpaired) electrons. The number of aliphatic carboxylic acids is 5. The van der Waals surface area contributed by atoms with Crippen LogP contribution < -0.4 is 27.0 Å². The van der Waals surface area contributed by atoms with E-state index in [4.69, 9.17) is 26.2 Å². The van der Waals surface area contributed by atoms with Gasteiger partial charge in [-0.15, -0.1) is 0 Å². The average molecular weight is 592 g/mol. The van der Waals surface area contributed by atoms with Crippen LogP contribution in [0.1, 0.15) is 51.4 Å². The number of hydrogen-bond acceptors (Lipinski definition) is 10. The van der Waals surface area contributed by atoms with E-state index in [1.165, 1.54) is 0 Å². The maximum absolute atomic E-state index is 12.6. The summed E-state index contributed by atoms with van der Waals surface area (Å²) < 4.78 is 0. The van der Waals surface area contributed by atoms with Crippen LogP contribution in [0.4, 0.5) is 0 Å². The molecule has 19 nitrogen and oxygen atoms in total. The largest absolute Gasteiger partial charge is 0.481 e. The van der Waals surface area contributed by atoms with Crippen LogP contribution in [-0.2, 0) is 43.2 Å². The van der Waals surface area contributed by atoms with Crippen molar-refractivity contribution in [1.82, 2.24) is 21.3 Å². The van der Waals surface area contributed by atoms with Gasteiger partial charge >= 0.3 is 29.8 Å². The number of carbonyl (C=O) groups excluding carboxylic acids is 4. The first-order valence-electron chi connectivity index (χ1n) is 12.1. The van der Waals surface area contributed by atoms with Crippen molar-refractivity contribution < 1.29 is 68.7 Å². The lowest BCUT2D eigenvalue weighted by molar-refractivity contribution is -0.144. The second-order valence-electron chi connectivity index (χ2n) is 8.63. The van der Waals surface area contributed by atoms with E-state index in [1.54, 1.807) is 0 Å². The Bertz CT molecular complexity index is 1020. The molecule has 0 heterocycles. The van der Waals surface area contributed by atoms with Crippen LogP contribution in [0.25, 0.3) is 0 Å². The van der Waals surface area contributed by atoms with Gasteiger partial charge in [0, 0.05) is 25.7 Å². The molecule has 41 heavy (non-hydrogen) atoms. The maximum Gasteiger partial charge on any atom is 0.326 e. The maximum atomic E-state index is 12.6. The summed E-state index contributed by atoms with van der Waals surface area (Å²) in [5, 5.41) is 52.9. The Balaban J connectivity index is 5.36. The first-order chi connectivity index (χ1) is 19.0. The minimum atomic E-state index is -1.66. The van der Waals surface area contributed by atoms with Crippen LogP contribution in [0.3, 0.4) is 0 Å². The molecule has 230 valence electrons. The lowest BCUT2D eigenvalue weighted by Crippen LogP contribution is -2.55. The van der Waals surface area contributed by atoms with Crippen molar-refractivity contribution in [3.05, 3.63) is 0 Å². The Hall–Kier alpha value is -4.81. The summed E-state index contributed by atoms with van der Waals surface area (Å²) >= 11 is 0. The third-order valence-corrected chi connectivity index (χ3v) is 5.27. The van der Waals surface area contributed by atoms with Crippen molar-refractivity contribution in [2.45, 2.75) is 75.5 Å². The number of nitrogens with one attached hydrogen (secondary N) is 4. The number of carboxylic acids is 5. The van der Waals surface area contributed by atoms with Gasteiger partial charge in [0.1, 0.15) is 18.1 Å². The Morgan fingerprint density at radius 2 is 0.902 bits per heavy atom. The highest BCUT2D eigenvalue weighted by Gasteiger charge is 2.29. The van der Waals surface area contributed by atoms with Gasteiger partial charge in [-0.25, -0.2) is 4.79 Å². The van der Waals surface area contributed by atoms with Crippen molar-refractivity contribution in [2.24, 2.45) is 5.73 Å². The fraction of sp³-hybridized carbons (Fsp3) is 0.591. The Labute approximate surface area is 231 Å². The molecule has 4 atom stereocenters. The van der Waals surface area contributed by atoms with E-state index in [9.17, 15) is 48.3 Å². The van der Waals surface area contributed by atoms with Gasteiger partial charge in [-0.05, 0) is 25.7 Å². The molecule has 4 amide bonds. The standard InChI is InChI=1S/C22H33N5O14/c23-10(1-5-15(29)30)19(37)26-11(2-6-16(31)32)20(38)24-9-14(28)25-12(3-7-17(33)34)21(39)27-13(22(40)41)4-8-18(35)36/h10-13H,1-9,23H2,(H,24,38)(H,25,28)(H,26,37)(H,27,39)(H,29,30)(H,31,32)(H,33,34)(H,35,36)(H,40,41)/t10-,11-,12-,13-/m0/s1. The summed E-state index contributed by atoms with van der Waals surface area (Å²) in [6, 6.07) is -6.10. The van der Waals surface area contributed by atoms with Gasteiger partial charge < -0.3 is 52.5 Å². The van der Waals surface area contributed by atoms with E-state index >= 15 is 0 Å². The molecule has 0 aromatic rings. The van der Waals surface area contributed by atoms with E-state index < -0.39 is 129 Å². The Morgan fingerprint density at radius 3 is 1.34 bits per heavy atom. The van der Waals surface area contributed by atoms with Crippen LogP contribution in [-0.4, -0.2) is 110 Å². The van der Waals surface area contributed by atoms with Gasteiger partial charge in [-0.3, -0.25) is 38.4 Å². The summed E-state index contributed by atoms with van der Waals surface area (Å²) in [6.07, 6.45) is -4.01. The van der Waals surface area contributed by atoms with Gasteiger partial charge in [-0.2, -0.15) is 0 Å². The van der Waals surface area contributed by atoms with Crippen molar-refractivity contribution in [2.75, 3.05) is 6.54 Å². The molecule has 0 aliphatic carbocycles. The molecule has 0 aromatic carbocycles. The summed E-state index contributed by atoms with van der Waals surface area (Å²) in [5.41, 5.74) is 5.58. The van der Waals surface area contributed by atoms with E-state index in [2.05, 4.69) is 16.0 Å². The summed E-state index contributed by atoms with van der Waals surface area (Å²) in [4.78, 5) is 104. The van der Waals surface area contributed by atoms with Gasteiger partial charge in [0.2, 0.25) is 23.6 Å². The fourth-order valence-electron chi connectivity index (χ4n) is 3.10. The number of amides is 4. The third-order valence-electron chi connectivity index (χ3n) is 5.27. The SMILES string of the molecule is N[C@@H](CCC(=O)O)C(=O)N[C@@H](CCC(=O)O)C(=O)NCC(=O)N[C@@H](CCC(=O)O)C(=O)N[C@@H](CCC(=O)O)C(=O)O. The van der Waals surface area contributed by atoms with Crippen LogP contribution >= 0.6 is 0 Å². The van der Waals surface area contributed by atoms with Crippen molar-refractivity contribution in [3.63, 3.8) is 0 Å². The highest BCUT2D eigenvalue weighted by Crippen LogP contribution is 2.04. The minimum absolute atomic E-state index is 0.282. The number of carboxylic acid groups (broad SMARTS) is 5. The number of carbonyl (C=O) groups is 9. The fourth-order valence-corrected chi connectivity index (χ4v) is 3.10. The molecule has 0 aliphatic rings. The smallest absolute Gasteiger partial charge is 0.326 e. The van der Waals surface area contributed by atoms with Crippen LogP contribution in [0.15, 0.2) is 0 Å². The van der Waals surface area contributed by atoms with E-state index in [1.807, 2.05) is 5.32 Å². The average Bonchev–Trinajstić information content (AvgIpc) is 2.87. The zero-order chi connectivity index (χ0) is 31.7. The van der Waals surface area contributed by atoms with E-state index in [0.29, 0.717) is 0 Å². The molecule has 0 spiro atoms. The molecule has 0 fully saturated rings. The Morgan fingerprint density at radius 1 is 0.512 bits per heavy atom.